The average molecular weight is 354 g/mol. The van der Waals surface area contributed by atoms with Crippen LogP contribution in [0.5, 0.6) is 0 Å². The Morgan fingerprint density at radius 2 is 1.92 bits per heavy atom. The van der Waals surface area contributed by atoms with E-state index in [4.69, 9.17) is 21.1 Å². The second-order valence-electron chi connectivity index (χ2n) is 5.38. The Kier molecular flexibility index (Phi) is 5.33. The van der Waals surface area contributed by atoms with Gasteiger partial charge in [0.25, 0.3) is 0 Å². The van der Waals surface area contributed by atoms with Crippen molar-refractivity contribution in [1.29, 1.82) is 0 Å². The topological polar surface area (TPSA) is 62.5 Å². The van der Waals surface area contributed by atoms with Gasteiger partial charge in [-0.05, 0) is 48.0 Å². The summed E-state index contributed by atoms with van der Waals surface area (Å²) in [5.74, 6) is 0.898. The van der Waals surface area contributed by atoms with Gasteiger partial charge in [-0.15, -0.1) is 0 Å². The molecule has 5 heteroatoms. The van der Waals surface area contributed by atoms with Crippen LogP contribution in [-0.4, -0.2) is 11.0 Å². The quantitative estimate of drug-likeness (QED) is 0.651. The van der Waals surface area contributed by atoms with E-state index in [1.165, 1.54) is 6.08 Å². The first kappa shape index (κ1) is 17.0. The SMILES string of the molecule is O=C(/C=C/c1ccc(Cl)cc1)Nc1cccc(-c2ccc(CO)o2)c1. The number of halogens is 1. The van der Waals surface area contributed by atoms with Crippen LogP contribution >= 0.6 is 11.6 Å². The van der Waals surface area contributed by atoms with E-state index in [-0.39, 0.29) is 12.5 Å². The molecule has 0 radical (unpaired) electrons. The maximum absolute atomic E-state index is 12.1. The van der Waals surface area contributed by atoms with Gasteiger partial charge in [-0.25, -0.2) is 0 Å². The molecule has 3 rings (SSSR count). The van der Waals surface area contributed by atoms with Gasteiger partial charge in [0.2, 0.25) is 5.91 Å². The van der Waals surface area contributed by atoms with Crippen LogP contribution in [0.4, 0.5) is 5.69 Å². The van der Waals surface area contributed by atoms with E-state index in [1.807, 2.05) is 30.3 Å². The maximum Gasteiger partial charge on any atom is 0.248 e. The van der Waals surface area contributed by atoms with E-state index in [1.54, 1.807) is 36.4 Å². The van der Waals surface area contributed by atoms with Crippen LogP contribution in [0.25, 0.3) is 17.4 Å². The number of aliphatic hydroxyl groups excluding tert-OH is 1. The zero-order valence-electron chi connectivity index (χ0n) is 13.3. The van der Waals surface area contributed by atoms with Gasteiger partial charge in [-0.1, -0.05) is 35.9 Å². The van der Waals surface area contributed by atoms with Gasteiger partial charge in [0.15, 0.2) is 0 Å². The molecule has 25 heavy (non-hydrogen) atoms. The number of anilines is 1. The highest BCUT2D eigenvalue weighted by molar-refractivity contribution is 6.30. The molecule has 3 aromatic rings. The zero-order valence-corrected chi connectivity index (χ0v) is 14.0. The fraction of sp³-hybridized carbons (Fsp3) is 0.0500. The first-order chi connectivity index (χ1) is 12.1. The predicted octanol–water partition coefficient (Wildman–Crippen LogP) is 4.74. The average Bonchev–Trinajstić information content (AvgIpc) is 3.11. The summed E-state index contributed by atoms with van der Waals surface area (Å²) in [4.78, 5) is 12.1. The summed E-state index contributed by atoms with van der Waals surface area (Å²) >= 11 is 5.83. The van der Waals surface area contributed by atoms with Crippen molar-refractivity contribution in [3.63, 3.8) is 0 Å². The maximum atomic E-state index is 12.1. The number of benzene rings is 2. The molecule has 1 amide bonds. The highest BCUT2D eigenvalue weighted by Crippen LogP contribution is 2.25. The number of furan rings is 1. The largest absolute Gasteiger partial charge is 0.459 e. The highest BCUT2D eigenvalue weighted by atomic mass is 35.5. The first-order valence-electron chi connectivity index (χ1n) is 7.69. The van der Waals surface area contributed by atoms with Crippen LogP contribution in [0.1, 0.15) is 11.3 Å². The molecule has 0 aliphatic rings. The lowest BCUT2D eigenvalue weighted by molar-refractivity contribution is -0.111. The molecular formula is C20H16ClNO3. The summed E-state index contributed by atoms with van der Waals surface area (Å²) in [5.41, 5.74) is 2.37. The van der Waals surface area contributed by atoms with Crippen LogP contribution in [0.2, 0.25) is 5.02 Å². The lowest BCUT2D eigenvalue weighted by Gasteiger charge is -2.04. The Morgan fingerprint density at radius 1 is 1.12 bits per heavy atom. The summed E-state index contributed by atoms with van der Waals surface area (Å²) in [7, 11) is 0. The minimum Gasteiger partial charge on any atom is -0.459 e. The molecule has 4 nitrogen and oxygen atoms in total. The molecule has 0 spiro atoms. The molecule has 0 aliphatic carbocycles. The third-order valence-electron chi connectivity index (χ3n) is 3.53. The molecule has 1 heterocycles. The molecule has 2 aromatic carbocycles. The number of amides is 1. The molecule has 126 valence electrons. The van der Waals surface area contributed by atoms with E-state index < -0.39 is 0 Å². The third-order valence-corrected chi connectivity index (χ3v) is 3.78. The van der Waals surface area contributed by atoms with Crippen molar-refractivity contribution < 1.29 is 14.3 Å². The van der Waals surface area contributed by atoms with Crippen LogP contribution in [0.15, 0.2) is 71.2 Å². The minimum absolute atomic E-state index is 0.147. The van der Waals surface area contributed by atoms with Crippen molar-refractivity contribution in [3.8, 4) is 11.3 Å². The number of aliphatic hydroxyl groups is 1. The molecular weight excluding hydrogens is 338 g/mol. The number of carbonyl (C=O) groups excluding carboxylic acids is 1. The fourth-order valence-electron chi connectivity index (χ4n) is 2.30. The summed E-state index contributed by atoms with van der Waals surface area (Å²) < 4.78 is 5.51. The second kappa shape index (κ2) is 7.83. The molecule has 0 saturated carbocycles. The smallest absolute Gasteiger partial charge is 0.248 e. The van der Waals surface area contributed by atoms with Crippen molar-refractivity contribution in [2.75, 3.05) is 5.32 Å². The standard InChI is InChI=1S/C20H16ClNO3/c21-16-7-4-14(5-8-16)6-11-20(24)22-17-3-1-2-15(12-17)19-10-9-18(13-23)25-19/h1-12,23H,13H2,(H,22,24)/b11-6+. The van der Waals surface area contributed by atoms with Crippen LogP contribution in [0.3, 0.4) is 0 Å². The van der Waals surface area contributed by atoms with E-state index in [2.05, 4.69) is 5.32 Å². The molecule has 0 unspecified atom stereocenters. The second-order valence-corrected chi connectivity index (χ2v) is 5.82. The van der Waals surface area contributed by atoms with Crippen LogP contribution in [-0.2, 0) is 11.4 Å². The predicted molar refractivity (Wildman–Crippen MR) is 99.2 cm³/mol. The van der Waals surface area contributed by atoms with Crippen molar-refractivity contribution in [3.05, 3.63) is 83.1 Å². The molecule has 1 aromatic heterocycles. The number of nitrogens with one attached hydrogen (secondary N) is 1. The third kappa shape index (κ3) is 4.59. The first-order valence-corrected chi connectivity index (χ1v) is 8.06. The lowest BCUT2D eigenvalue weighted by atomic mass is 10.1. The van der Waals surface area contributed by atoms with Gasteiger partial charge in [-0.2, -0.15) is 0 Å². The van der Waals surface area contributed by atoms with Gasteiger partial charge in [0, 0.05) is 22.3 Å². The van der Waals surface area contributed by atoms with Crippen molar-refractivity contribution >= 4 is 29.3 Å². The van der Waals surface area contributed by atoms with Gasteiger partial charge in [0.1, 0.15) is 18.1 Å². The Hall–Kier alpha value is -2.82. The van der Waals surface area contributed by atoms with Crippen LogP contribution in [0, 0.1) is 0 Å². The molecule has 0 saturated heterocycles. The number of rotatable bonds is 5. The number of carbonyl (C=O) groups is 1. The van der Waals surface area contributed by atoms with Gasteiger partial charge >= 0.3 is 0 Å². The Balaban J connectivity index is 1.69. The molecule has 2 N–H and O–H groups in total. The van der Waals surface area contributed by atoms with Gasteiger partial charge in [0.05, 0.1) is 0 Å². The normalized spacial score (nSPS) is 11.0. The van der Waals surface area contributed by atoms with Gasteiger partial charge < -0.3 is 14.8 Å². The summed E-state index contributed by atoms with van der Waals surface area (Å²) in [5, 5.41) is 12.5. The van der Waals surface area contributed by atoms with Crippen LogP contribution < -0.4 is 5.32 Å². The van der Waals surface area contributed by atoms with E-state index in [9.17, 15) is 4.79 Å². The fourth-order valence-corrected chi connectivity index (χ4v) is 2.42. The van der Waals surface area contributed by atoms with E-state index >= 15 is 0 Å². The summed E-state index contributed by atoms with van der Waals surface area (Å²) in [6, 6.07) is 18.0. The monoisotopic (exact) mass is 353 g/mol. The van der Waals surface area contributed by atoms with E-state index in [0.29, 0.717) is 22.2 Å². The Bertz CT molecular complexity index is 897. The Morgan fingerprint density at radius 3 is 2.64 bits per heavy atom. The number of hydrogen-bond donors (Lipinski definition) is 2. The molecule has 0 fully saturated rings. The highest BCUT2D eigenvalue weighted by Gasteiger charge is 2.06. The number of hydrogen-bond acceptors (Lipinski definition) is 3. The lowest BCUT2D eigenvalue weighted by Crippen LogP contribution is -2.07. The van der Waals surface area contributed by atoms with Crippen molar-refractivity contribution in [2.45, 2.75) is 6.61 Å². The Labute approximate surface area is 150 Å². The summed E-state index contributed by atoms with van der Waals surface area (Å²) in [6.45, 7) is -0.147. The van der Waals surface area contributed by atoms with E-state index in [0.717, 1.165) is 11.1 Å². The molecule has 0 bridgehead atoms. The van der Waals surface area contributed by atoms with Gasteiger partial charge in [-0.3, -0.25) is 4.79 Å². The zero-order chi connectivity index (χ0) is 17.6. The molecule has 0 atom stereocenters. The van der Waals surface area contributed by atoms with Crippen molar-refractivity contribution in [2.24, 2.45) is 0 Å². The summed E-state index contributed by atoms with van der Waals surface area (Å²) in [6.07, 6.45) is 3.18. The molecule has 0 aliphatic heterocycles. The minimum atomic E-state index is -0.234. The van der Waals surface area contributed by atoms with Crippen molar-refractivity contribution in [1.82, 2.24) is 0 Å².